The third-order valence-electron chi connectivity index (χ3n) is 4.26. The number of likely N-dealkylation sites (tertiary alicyclic amines) is 1. The number of nitrogens with one attached hydrogen (secondary N) is 1. The summed E-state index contributed by atoms with van der Waals surface area (Å²) >= 11 is 0. The topological polar surface area (TPSA) is 24.5 Å². The number of hydrogen-bond acceptors (Lipinski definition) is 3. The van der Waals surface area contributed by atoms with Crippen LogP contribution in [0.25, 0.3) is 0 Å². The van der Waals surface area contributed by atoms with Crippen molar-refractivity contribution in [1.29, 1.82) is 0 Å². The van der Waals surface area contributed by atoms with Crippen molar-refractivity contribution in [2.45, 2.75) is 26.7 Å². The van der Waals surface area contributed by atoms with Crippen molar-refractivity contribution in [2.24, 2.45) is 5.41 Å². The van der Waals surface area contributed by atoms with Crippen LogP contribution in [0.5, 0.6) is 5.75 Å². The molecule has 0 saturated carbocycles. The van der Waals surface area contributed by atoms with Crippen LogP contribution in [0.15, 0.2) is 18.2 Å². The molecule has 2 heterocycles. The number of ether oxygens (including phenoxy) is 1. The highest BCUT2D eigenvalue weighted by Crippen LogP contribution is 2.32. The van der Waals surface area contributed by atoms with E-state index >= 15 is 0 Å². The smallest absolute Gasteiger partial charge is 0.121 e. The second-order valence-electron chi connectivity index (χ2n) is 6.25. The molecule has 0 radical (unpaired) electrons. The van der Waals surface area contributed by atoms with E-state index < -0.39 is 0 Å². The van der Waals surface area contributed by atoms with E-state index in [1.165, 1.54) is 24.1 Å². The Bertz CT molecular complexity index is 452. The molecule has 19 heavy (non-hydrogen) atoms. The zero-order chi connectivity index (χ0) is 13.3. The minimum absolute atomic E-state index is 0.333. The van der Waals surface area contributed by atoms with Crippen LogP contribution in [0.3, 0.4) is 0 Å². The number of anilines is 1. The molecule has 3 heteroatoms. The van der Waals surface area contributed by atoms with Crippen LogP contribution < -0.4 is 10.1 Å². The molecule has 1 aromatic carbocycles. The maximum absolute atomic E-state index is 6.01. The Morgan fingerprint density at radius 2 is 2.21 bits per heavy atom. The number of rotatable bonds is 4. The van der Waals surface area contributed by atoms with Gasteiger partial charge in [0.2, 0.25) is 0 Å². The first-order chi connectivity index (χ1) is 9.18. The first kappa shape index (κ1) is 12.8. The Morgan fingerprint density at radius 3 is 3.00 bits per heavy atom. The second-order valence-corrected chi connectivity index (χ2v) is 6.25. The van der Waals surface area contributed by atoms with Gasteiger partial charge in [-0.3, -0.25) is 0 Å². The van der Waals surface area contributed by atoms with E-state index in [1.807, 2.05) is 0 Å². The number of nitrogens with zero attached hydrogens (tertiary/aromatic N) is 1. The molecule has 0 unspecified atom stereocenters. The molecular weight excluding hydrogens is 236 g/mol. The monoisotopic (exact) mass is 260 g/mol. The van der Waals surface area contributed by atoms with Crippen LogP contribution in [0.4, 0.5) is 5.69 Å². The van der Waals surface area contributed by atoms with E-state index in [-0.39, 0.29) is 0 Å². The predicted molar refractivity (Wildman–Crippen MR) is 79.0 cm³/mol. The molecule has 0 aliphatic carbocycles. The fourth-order valence-corrected chi connectivity index (χ4v) is 3.14. The third kappa shape index (κ3) is 2.71. The summed E-state index contributed by atoms with van der Waals surface area (Å²) in [7, 11) is 0. The van der Waals surface area contributed by atoms with Crippen LogP contribution in [0, 0.1) is 5.41 Å². The molecule has 104 valence electrons. The van der Waals surface area contributed by atoms with Crippen LogP contribution in [0.2, 0.25) is 0 Å². The molecular formula is C16H24N2O. The molecule has 0 amide bonds. The van der Waals surface area contributed by atoms with Gasteiger partial charge in [0.1, 0.15) is 5.75 Å². The number of fused-ring (bicyclic) bond motifs is 1. The highest BCUT2D eigenvalue weighted by molar-refractivity contribution is 5.56. The summed E-state index contributed by atoms with van der Waals surface area (Å²) in [4.78, 5) is 2.46. The zero-order valence-electron chi connectivity index (χ0n) is 12.0. The van der Waals surface area contributed by atoms with Gasteiger partial charge in [-0.2, -0.15) is 0 Å². The molecule has 1 saturated heterocycles. The standard InChI is InChI=1S/C16H24N2O/c1-3-18-10-16(2,11-18)12-19-14-7-6-13-5-4-8-17-15(13)9-14/h6-7,9,17H,3-5,8,10-12H2,1-2H3. The average molecular weight is 260 g/mol. The van der Waals surface area contributed by atoms with Gasteiger partial charge in [-0.15, -0.1) is 0 Å². The van der Waals surface area contributed by atoms with E-state index in [2.05, 4.69) is 42.3 Å². The van der Waals surface area contributed by atoms with E-state index in [0.29, 0.717) is 5.41 Å². The second kappa shape index (κ2) is 5.04. The summed E-state index contributed by atoms with van der Waals surface area (Å²) in [5.74, 6) is 1.00. The van der Waals surface area contributed by atoms with Crippen LogP contribution in [0.1, 0.15) is 25.8 Å². The van der Waals surface area contributed by atoms with E-state index in [4.69, 9.17) is 4.74 Å². The highest BCUT2D eigenvalue weighted by atomic mass is 16.5. The largest absolute Gasteiger partial charge is 0.493 e. The van der Waals surface area contributed by atoms with Gasteiger partial charge in [-0.25, -0.2) is 0 Å². The van der Waals surface area contributed by atoms with Crippen molar-refractivity contribution in [3.8, 4) is 5.75 Å². The van der Waals surface area contributed by atoms with Crippen molar-refractivity contribution >= 4 is 5.69 Å². The Kier molecular flexibility index (Phi) is 3.40. The molecule has 2 aliphatic heterocycles. The summed E-state index contributed by atoms with van der Waals surface area (Å²) in [5, 5.41) is 3.46. The maximum atomic E-state index is 6.01. The third-order valence-corrected chi connectivity index (χ3v) is 4.26. The number of hydrogen-bond donors (Lipinski definition) is 1. The van der Waals surface area contributed by atoms with Gasteiger partial charge in [0.05, 0.1) is 6.61 Å². The van der Waals surface area contributed by atoms with Crippen LogP contribution >= 0.6 is 0 Å². The molecule has 0 spiro atoms. The molecule has 0 bridgehead atoms. The van der Waals surface area contributed by atoms with Crippen LogP contribution in [-0.2, 0) is 6.42 Å². The SMILES string of the molecule is CCN1CC(C)(COc2ccc3c(c2)NCCC3)C1. The lowest BCUT2D eigenvalue weighted by molar-refractivity contribution is -0.0155. The van der Waals surface area contributed by atoms with Gasteiger partial charge in [0.15, 0.2) is 0 Å². The van der Waals surface area contributed by atoms with E-state index in [9.17, 15) is 0 Å². The molecule has 1 fully saturated rings. The average Bonchev–Trinajstić information content (AvgIpc) is 2.42. The van der Waals surface area contributed by atoms with Crippen molar-refractivity contribution in [3.63, 3.8) is 0 Å². The van der Waals surface area contributed by atoms with Crippen LogP contribution in [-0.4, -0.2) is 37.7 Å². The van der Waals surface area contributed by atoms with Gasteiger partial charge >= 0.3 is 0 Å². The predicted octanol–water partition coefficient (Wildman–Crippen LogP) is 2.77. The number of aryl methyl sites for hydroxylation is 1. The van der Waals surface area contributed by atoms with Gasteiger partial charge in [-0.05, 0) is 31.0 Å². The summed E-state index contributed by atoms with van der Waals surface area (Å²) < 4.78 is 6.01. The minimum atomic E-state index is 0.333. The summed E-state index contributed by atoms with van der Waals surface area (Å²) in [6.07, 6.45) is 2.42. The van der Waals surface area contributed by atoms with Gasteiger partial charge < -0.3 is 15.0 Å². The first-order valence-electron chi connectivity index (χ1n) is 7.40. The first-order valence-corrected chi connectivity index (χ1v) is 7.40. The zero-order valence-corrected chi connectivity index (χ0v) is 12.0. The molecule has 1 aromatic rings. The quantitative estimate of drug-likeness (QED) is 0.901. The lowest BCUT2D eigenvalue weighted by atomic mass is 9.83. The lowest BCUT2D eigenvalue weighted by Gasteiger charge is -2.47. The Morgan fingerprint density at radius 1 is 1.37 bits per heavy atom. The Hall–Kier alpha value is -1.22. The number of benzene rings is 1. The molecule has 0 aromatic heterocycles. The minimum Gasteiger partial charge on any atom is -0.493 e. The summed E-state index contributed by atoms with van der Waals surface area (Å²) in [5.41, 5.74) is 3.02. The summed E-state index contributed by atoms with van der Waals surface area (Å²) in [6, 6.07) is 6.48. The fourth-order valence-electron chi connectivity index (χ4n) is 3.14. The van der Waals surface area contributed by atoms with Crippen molar-refractivity contribution in [1.82, 2.24) is 4.90 Å². The molecule has 0 atom stereocenters. The fraction of sp³-hybridized carbons (Fsp3) is 0.625. The Balaban J connectivity index is 1.58. The van der Waals surface area contributed by atoms with Crippen molar-refractivity contribution in [3.05, 3.63) is 23.8 Å². The van der Waals surface area contributed by atoms with E-state index in [0.717, 1.165) is 38.5 Å². The normalized spacial score (nSPS) is 21.2. The highest BCUT2D eigenvalue weighted by Gasteiger charge is 2.38. The lowest BCUT2D eigenvalue weighted by Crippen LogP contribution is -2.57. The Labute approximate surface area is 115 Å². The van der Waals surface area contributed by atoms with Gasteiger partial charge in [0.25, 0.3) is 0 Å². The van der Waals surface area contributed by atoms with Gasteiger partial charge in [-0.1, -0.05) is 19.9 Å². The molecule has 2 aliphatic rings. The van der Waals surface area contributed by atoms with Crippen molar-refractivity contribution < 1.29 is 4.74 Å². The van der Waals surface area contributed by atoms with E-state index in [1.54, 1.807) is 0 Å². The molecule has 3 rings (SSSR count). The van der Waals surface area contributed by atoms with Gasteiger partial charge in [0, 0.05) is 36.8 Å². The van der Waals surface area contributed by atoms with Crippen molar-refractivity contribution in [2.75, 3.05) is 38.1 Å². The molecule has 3 nitrogen and oxygen atoms in total. The maximum Gasteiger partial charge on any atom is 0.121 e. The molecule has 1 N–H and O–H groups in total. The summed E-state index contributed by atoms with van der Waals surface area (Å²) in [6.45, 7) is 9.91.